The van der Waals surface area contributed by atoms with Gasteiger partial charge in [0.25, 0.3) is 0 Å². The number of ether oxygens (including phenoxy) is 4. The molecule has 0 bridgehead atoms. The molecule has 0 aromatic rings. The van der Waals surface area contributed by atoms with Gasteiger partial charge in [-0.15, -0.1) is 0 Å². The topological polar surface area (TPSA) is 74.4 Å². The van der Waals surface area contributed by atoms with Gasteiger partial charge in [-0.25, -0.2) is 0 Å². The van der Waals surface area contributed by atoms with Gasteiger partial charge in [0.2, 0.25) is 0 Å². The van der Waals surface area contributed by atoms with Crippen LogP contribution in [-0.2, 0) is 28.5 Å². The highest BCUT2D eigenvalue weighted by atomic mass is 16.6. The summed E-state index contributed by atoms with van der Waals surface area (Å²) >= 11 is 0. The van der Waals surface area contributed by atoms with Crippen molar-refractivity contribution in [2.24, 2.45) is 16.2 Å². The quantitative estimate of drug-likeness (QED) is 0.444. The van der Waals surface area contributed by atoms with Crippen LogP contribution in [0.15, 0.2) is 0 Å². The van der Waals surface area contributed by atoms with Crippen LogP contribution < -0.4 is 0 Å². The first-order valence-electron chi connectivity index (χ1n) is 10.1. The third kappa shape index (κ3) is 7.41. The maximum atomic E-state index is 11.7. The van der Waals surface area contributed by atoms with E-state index in [2.05, 4.69) is 6.92 Å². The van der Waals surface area contributed by atoms with Crippen molar-refractivity contribution in [3.8, 4) is 0 Å². The summed E-state index contributed by atoms with van der Waals surface area (Å²) in [6.07, 6.45) is 2.78. The second-order valence-corrected chi connectivity index (χ2v) is 8.95. The first-order valence-corrected chi connectivity index (χ1v) is 10.1. The molecule has 6 nitrogen and oxygen atoms in total. The van der Waals surface area contributed by atoms with Gasteiger partial charge in [-0.1, -0.05) is 20.8 Å². The minimum absolute atomic E-state index is 0.0928. The maximum absolute atomic E-state index is 11.7. The summed E-state index contributed by atoms with van der Waals surface area (Å²) in [5.74, 6) is -0.217. The third-order valence-electron chi connectivity index (χ3n) is 5.75. The molecule has 6 heteroatoms. The van der Waals surface area contributed by atoms with Crippen LogP contribution in [0.25, 0.3) is 0 Å². The van der Waals surface area contributed by atoms with Gasteiger partial charge >= 0.3 is 11.9 Å². The lowest BCUT2D eigenvalue weighted by atomic mass is 9.84. The van der Waals surface area contributed by atoms with E-state index in [1.54, 1.807) is 0 Å². The van der Waals surface area contributed by atoms with Crippen molar-refractivity contribution in [1.29, 1.82) is 0 Å². The van der Waals surface area contributed by atoms with Crippen molar-refractivity contribution in [2.45, 2.75) is 73.8 Å². The molecule has 2 aliphatic rings. The van der Waals surface area contributed by atoms with Crippen LogP contribution in [0, 0.1) is 16.2 Å². The Labute approximate surface area is 164 Å². The lowest BCUT2D eigenvalue weighted by Crippen LogP contribution is -2.47. The van der Waals surface area contributed by atoms with Gasteiger partial charge in [0, 0.05) is 0 Å². The Bertz CT molecular complexity index is 483. The summed E-state index contributed by atoms with van der Waals surface area (Å²) < 4.78 is 20.5. The van der Waals surface area contributed by atoms with Crippen molar-refractivity contribution >= 4 is 11.9 Å². The largest absolute Gasteiger partial charge is 0.465 e. The Balaban J connectivity index is 0.000000277. The van der Waals surface area contributed by atoms with E-state index < -0.39 is 0 Å². The molecule has 0 aromatic carbocycles. The summed E-state index contributed by atoms with van der Waals surface area (Å²) in [7, 11) is 0. The highest BCUT2D eigenvalue weighted by Crippen LogP contribution is 2.32. The number of epoxide rings is 1. The van der Waals surface area contributed by atoms with E-state index in [9.17, 15) is 9.59 Å². The highest BCUT2D eigenvalue weighted by Gasteiger charge is 2.39. The normalized spacial score (nSPS) is 20.6. The molecule has 2 rings (SSSR count). The van der Waals surface area contributed by atoms with Crippen LogP contribution in [0.4, 0.5) is 0 Å². The van der Waals surface area contributed by atoms with Gasteiger partial charge in [0.05, 0.1) is 36.1 Å². The highest BCUT2D eigenvalue weighted by molar-refractivity contribution is 5.76. The van der Waals surface area contributed by atoms with E-state index in [4.69, 9.17) is 18.9 Å². The zero-order valence-corrected chi connectivity index (χ0v) is 18.2. The molecule has 0 spiro atoms. The Morgan fingerprint density at radius 3 is 1.78 bits per heavy atom. The predicted octanol–water partition coefficient (Wildman–Crippen LogP) is 3.76. The van der Waals surface area contributed by atoms with Crippen LogP contribution in [0.5, 0.6) is 0 Å². The molecule has 0 aliphatic carbocycles. The van der Waals surface area contributed by atoms with Gasteiger partial charge in [0.1, 0.15) is 19.3 Å². The van der Waals surface area contributed by atoms with Crippen LogP contribution in [0.3, 0.4) is 0 Å². The molecule has 0 N–H and O–H groups in total. The van der Waals surface area contributed by atoms with Crippen molar-refractivity contribution < 1.29 is 28.5 Å². The number of rotatable bonds is 9. The lowest BCUT2D eigenvalue weighted by Gasteiger charge is -2.40. The SMILES string of the molecule is CCC(C)(C)C(=O)OCC1CO1.CCC1(COC(=O)C(C)(C)CC)COC1. The number of esters is 2. The first kappa shape index (κ1) is 23.9. The van der Waals surface area contributed by atoms with Crippen molar-refractivity contribution in [2.75, 3.05) is 33.0 Å². The summed E-state index contributed by atoms with van der Waals surface area (Å²) in [4.78, 5) is 23.1. The maximum Gasteiger partial charge on any atom is 0.311 e. The minimum Gasteiger partial charge on any atom is -0.465 e. The molecular weight excluding hydrogens is 348 g/mol. The molecule has 2 heterocycles. The van der Waals surface area contributed by atoms with Crippen molar-refractivity contribution in [3.05, 3.63) is 0 Å². The predicted molar refractivity (Wildman–Crippen MR) is 103 cm³/mol. The average Bonchev–Trinajstić information content (AvgIpc) is 3.43. The molecule has 0 saturated carbocycles. The molecule has 2 aliphatic heterocycles. The van der Waals surface area contributed by atoms with E-state index >= 15 is 0 Å². The van der Waals surface area contributed by atoms with Gasteiger partial charge < -0.3 is 18.9 Å². The van der Waals surface area contributed by atoms with Crippen LogP contribution in [0.1, 0.15) is 67.7 Å². The van der Waals surface area contributed by atoms with Crippen molar-refractivity contribution in [3.63, 3.8) is 0 Å². The van der Waals surface area contributed by atoms with Crippen LogP contribution in [0.2, 0.25) is 0 Å². The Morgan fingerprint density at radius 2 is 1.44 bits per heavy atom. The standard InChI is InChI=1S/C12H22O3.C9H16O3/c1-5-11(3,4)10(13)15-9-12(6-2)7-14-8-12;1-4-9(2,3)8(10)12-6-7-5-11-7/h5-9H2,1-4H3;7H,4-6H2,1-3H3. The van der Waals surface area contributed by atoms with Crippen molar-refractivity contribution in [1.82, 2.24) is 0 Å². The zero-order chi connectivity index (χ0) is 20.7. The Morgan fingerprint density at radius 1 is 0.963 bits per heavy atom. The fourth-order valence-corrected chi connectivity index (χ4v) is 2.01. The molecule has 1 unspecified atom stereocenters. The second kappa shape index (κ2) is 9.87. The third-order valence-corrected chi connectivity index (χ3v) is 5.75. The molecule has 27 heavy (non-hydrogen) atoms. The number of hydrogen-bond acceptors (Lipinski definition) is 6. The van der Waals surface area contributed by atoms with Gasteiger partial charge in [-0.3, -0.25) is 9.59 Å². The molecule has 1 atom stereocenters. The fraction of sp³-hybridized carbons (Fsp3) is 0.905. The molecular formula is C21H38O6. The molecule has 0 aromatic heterocycles. The van der Waals surface area contributed by atoms with E-state index in [0.717, 1.165) is 39.1 Å². The summed E-state index contributed by atoms with van der Waals surface area (Å²) in [5.41, 5.74) is -0.617. The molecule has 2 saturated heterocycles. The molecule has 0 amide bonds. The lowest BCUT2D eigenvalue weighted by molar-refractivity contribution is -0.178. The zero-order valence-electron chi connectivity index (χ0n) is 18.2. The van der Waals surface area contributed by atoms with Crippen LogP contribution in [-0.4, -0.2) is 51.1 Å². The molecule has 0 radical (unpaired) electrons. The van der Waals surface area contributed by atoms with Gasteiger partial charge in [-0.2, -0.15) is 0 Å². The number of carbonyl (C=O) groups is 2. The number of carbonyl (C=O) groups excluding carboxylic acids is 2. The van der Waals surface area contributed by atoms with E-state index in [-0.39, 0.29) is 34.3 Å². The second-order valence-electron chi connectivity index (χ2n) is 8.95. The first-order chi connectivity index (χ1) is 12.5. The molecule has 158 valence electrons. The Hall–Kier alpha value is -1.14. The smallest absolute Gasteiger partial charge is 0.311 e. The summed E-state index contributed by atoms with van der Waals surface area (Å²) in [6.45, 7) is 16.8. The van der Waals surface area contributed by atoms with Gasteiger partial charge in [0.15, 0.2) is 0 Å². The van der Waals surface area contributed by atoms with E-state index in [0.29, 0.717) is 13.2 Å². The fourth-order valence-electron chi connectivity index (χ4n) is 2.01. The van der Waals surface area contributed by atoms with E-state index in [1.165, 1.54) is 0 Å². The van der Waals surface area contributed by atoms with Gasteiger partial charge in [-0.05, 0) is 47.0 Å². The number of hydrogen-bond donors (Lipinski definition) is 0. The summed E-state index contributed by atoms with van der Waals surface area (Å²) in [5, 5.41) is 0. The minimum atomic E-state index is -0.362. The monoisotopic (exact) mass is 386 g/mol. The average molecular weight is 387 g/mol. The van der Waals surface area contributed by atoms with E-state index in [1.807, 2.05) is 41.5 Å². The van der Waals surface area contributed by atoms with Crippen LogP contribution >= 0.6 is 0 Å². The molecule has 2 fully saturated rings. The Kier molecular flexibility index (Phi) is 8.74. The summed E-state index contributed by atoms with van der Waals surface area (Å²) in [6, 6.07) is 0.